The number of benzene rings is 2. The number of aliphatic hydroxyl groups excluding tert-OH is 1. The molecule has 0 saturated heterocycles. The average Bonchev–Trinajstić information content (AvgIpc) is 3.00. The third-order valence-corrected chi connectivity index (χ3v) is 5.28. The number of aliphatic hydroxyl groups is 1. The fraction of sp³-hybridized carbons (Fsp3) is 0.333. The molecule has 0 atom stereocenters. The van der Waals surface area contributed by atoms with Gasteiger partial charge in [-0.25, -0.2) is 4.39 Å². The summed E-state index contributed by atoms with van der Waals surface area (Å²) in [6, 6.07) is 12.2. The Morgan fingerprint density at radius 1 is 1.19 bits per heavy atom. The molecule has 3 aromatic rings. The molecule has 5 nitrogen and oxygen atoms in total. The van der Waals surface area contributed by atoms with Crippen molar-refractivity contribution in [2.45, 2.75) is 37.8 Å². The molecule has 1 amide bonds. The normalized spacial score (nSPS) is 20.0. The summed E-state index contributed by atoms with van der Waals surface area (Å²) in [5, 5.41) is 17.8. The molecule has 1 aromatic heterocycles. The van der Waals surface area contributed by atoms with Crippen molar-refractivity contribution in [1.82, 2.24) is 15.1 Å². The molecule has 0 radical (unpaired) electrons. The van der Waals surface area contributed by atoms with Gasteiger partial charge in [0.15, 0.2) is 0 Å². The van der Waals surface area contributed by atoms with Crippen molar-refractivity contribution in [3.63, 3.8) is 0 Å². The molecule has 1 heterocycles. The topological polar surface area (TPSA) is 67.2 Å². The molecule has 4 rings (SSSR count). The zero-order valence-corrected chi connectivity index (χ0v) is 15.2. The molecule has 0 unspecified atom stereocenters. The number of hydrogen-bond donors (Lipinski definition) is 2. The molecule has 2 N–H and O–H groups in total. The van der Waals surface area contributed by atoms with Crippen molar-refractivity contribution in [2.24, 2.45) is 7.05 Å². The number of aryl methyl sites for hydroxylation is 1. The number of rotatable bonds is 3. The highest BCUT2D eigenvalue weighted by Crippen LogP contribution is 2.30. The lowest BCUT2D eigenvalue weighted by Crippen LogP contribution is -2.38. The maximum atomic E-state index is 14.8. The molecule has 0 bridgehead atoms. The average molecular weight is 367 g/mol. The summed E-state index contributed by atoms with van der Waals surface area (Å²) in [5.74, 6) is -0.752. The van der Waals surface area contributed by atoms with Crippen LogP contribution in [-0.2, 0) is 7.05 Å². The molecule has 0 spiro atoms. The van der Waals surface area contributed by atoms with Crippen LogP contribution in [0.3, 0.4) is 0 Å². The monoisotopic (exact) mass is 367 g/mol. The minimum absolute atomic E-state index is 0.0309. The lowest BCUT2D eigenvalue weighted by atomic mass is 9.93. The van der Waals surface area contributed by atoms with Crippen molar-refractivity contribution in [1.29, 1.82) is 0 Å². The number of carbonyl (C=O) groups excluding carboxylic acids is 1. The molecule has 1 aliphatic rings. The fourth-order valence-corrected chi connectivity index (χ4v) is 3.75. The second-order valence-corrected chi connectivity index (χ2v) is 7.16. The first kappa shape index (κ1) is 17.7. The van der Waals surface area contributed by atoms with Gasteiger partial charge in [-0.3, -0.25) is 9.48 Å². The van der Waals surface area contributed by atoms with Gasteiger partial charge in [0.25, 0.3) is 5.91 Å². The highest BCUT2D eigenvalue weighted by molar-refractivity contribution is 5.97. The van der Waals surface area contributed by atoms with E-state index < -0.39 is 5.82 Å². The van der Waals surface area contributed by atoms with E-state index in [1.54, 1.807) is 16.8 Å². The smallest absolute Gasteiger partial charge is 0.251 e. The maximum absolute atomic E-state index is 14.8. The lowest BCUT2D eigenvalue weighted by Gasteiger charge is -2.26. The zero-order chi connectivity index (χ0) is 19.0. The summed E-state index contributed by atoms with van der Waals surface area (Å²) < 4.78 is 16.5. The minimum Gasteiger partial charge on any atom is -0.393 e. The molecule has 6 heteroatoms. The minimum atomic E-state index is -0.467. The van der Waals surface area contributed by atoms with Crippen LogP contribution in [0.2, 0.25) is 0 Å². The van der Waals surface area contributed by atoms with E-state index >= 15 is 0 Å². The number of amides is 1. The Hall–Kier alpha value is -2.73. The Morgan fingerprint density at radius 2 is 1.93 bits per heavy atom. The van der Waals surface area contributed by atoms with Crippen LogP contribution in [0.15, 0.2) is 42.5 Å². The molecular weight excluding hydrogens is 345 g/mol. The zero-order valence-electron chi connectivity index (χ0n) is 15.2. The number of hydrogen-bond acceptors (Lipinski definition) is 3. The summed E-state index contributed by atoms with van der Waals surface area (Å²) in [6.07, 6.45) is 2.58. The van der Waals surface area contributed by atoms with Crippen molar-refractivity contribution in [2.75, 3.05) is 0 Å². The van der Waals surface area contributed by atoms with Crippen molar-refractivity contribution in [3.8, 4) is 11.3 Å². The summed E-state index contributed by atoms with van der Waals surface area (Å²) in [7, 11) is 1.83. The maximum Gasteiger partial charge on any atom is 0.251 e. The van der Waals surface area contributed by atoms with Gasteiger partial charge in [-0.15, -0.1) is 0 Å². The van der Waals surface area contributed by atoms with E-state index in [-0.39, 0.29) is 18.1 Å². The van der Waals surface area contributed by atoms with Crippen LogP contribution in [-0.4, -0.2) is 32.9 Å². The SMILES string of the molecule is Cn1nc(-c2ccc(C(=O)NC3CCC(O)CC3)cc2F)c2ccccc21. The Kier molecular flexibility index (Phi) is 4.66. The third-order valence-electron chi connectivity index (χ3n) is 5.28. The highest BCUT2D eigenvalue weighted by atomic mass is 19.1. The van der Waals surface area contributed by atoms with Gasteiger partial charge in [-0.1, -0.05) is 18.2 Å². The summed E-state index contributed by atoms with van der Waals surface area (Å²) >= 11 is 0. The Labute approximate surface area is 156 Å². The van der Waals surface area contributed by atoms with E-state index in [4.69, 9.17) is 0 Å². The van der Waals surface area contributed by atoms with Crippen LogP contribution in [0.5, 0.6) is 0 Å². The highest BCUT2D eigenvalue weighted by Gasteiger charge is 2.22. The fourth-order valence-electron chi connectivity index (χ4n) is 3.75. The Balaban J connectivity index is 1.58. The van der Waals surface area contributed by atoms with E-state index in [1.807, 2.05) is 31.3 Å². The Bertz CT molecular complexity index is 990. The lowest BCUT2D eigenvalue weighted by molar-refractivity contribution is 0.0867. The van der Waals surface area contributed by atoms with Crippen LogP contribution in [0.1, 0.15) is 36.0 Å². The van der Waals surface area contributed by atoms with E-state index in [9.17, 15) is 14.3 Å². The molecular formula is C21H22FN3O2. The number of aromatic nitrogens is 2. The van der Waals surface area contributed by atoms with E-state index in [0.29, 0.717) is 29.7 Å². The summed E-state index contributed by atoms with van der Waals surface area (Å²) in [5.41, 5.74) is 2.17. The van der Waals surface area contributed by atoms with Gasteiger partial charge < -0.3 is 10.4 Å². The molecule has 0 aliphatic heterocycles. The molecule has 27 heavy (non-hydrogen) atoms. The second kappa shape index (κ2) is 7.12. The molecule has 140 valence electrons. The first-order valence-electron chi connectivity index (χ1n) is 9.23. The number of nitrogens with zero attached hydrogens (tertiary/aromatic N) is 2. The largest absolute Gasteiger partial charge is 0.393 e. The van der Waals surface area contributed by atoms with Crippen molar-refractivity contribution < 1.29 is 14.3 Å². The van der Waals surface area contributed by atoms with E-state index in [2.05, 4.69) is 10.4 Å². The first-order valence-corrected chi connectivity index (χ1v) is 9.23. The predicted octanol–water partition coefficient (Wildman–Crippen LogP) is 3.41. The van der Waals surface area contributed by atoms with Gasteiger partial charge in [0, 0.05) is 29.6 Å². The van der Waals surface area contributed by atoms with Crippen LogP contribution in [0.4, 0.5) is 4.39 Å². The van der Waals surface area contributed by atoms with Gasteiger partial charge in [0.2, 0.25) is 0 Å². The summed E-state index contributed by atoms with van der Waals surface area (Å²) in [6.45, 7) is 0. The molecule has 1 fully saturated rings. The summed E-state index contributed by atoms with van der Waals surface area (Å²) in [4.78, 5) is 12.5. The van der Waals surface area contributed by atoms with Gasteiger partial charge in [-0.05, 0) is 49.9 Å². The number of halogens is 1. The van der Waals surface area contributed by atoms with Gasteiger partial charge in [0.1, 0.15) is 11.5 Å². The van der Waals surface area contributed by atoms with Crippen LogP contribution >= 0.6 is 0 Å². The van der Waals surface area contributed by atoms with Gasteiger partial charge in [0.05, 0.1) is 11.6 Å². The molecule has 2 aromatic carbocycles. The third kappa shape index (κ3) is 3.45. The number of carbonyl (C=O) groups is 1. The van der Waals surface area contributed by atoms with E-state index in [0.717, 1.165) is 23.7 Å². The van der Waals surface area contributed by atoms with Crippen LogP contribution in [0.25, 0.3) is 22.2 Å². The molecule has 1 aliphatic carbocycles. The van der Waals surface area contributed by atoms with Crippen LogP contribution < -0.4 is 5.32 Å². The van der Waals surface area contributed by atoms with E-state index in [1.165, 1.54) is 6.07 Å². The molecule has 1 saturated carbocycles. The number of nitrogens with one attached hydrogen (secondary N) is 1. The first-order chi connectivity index (χ1) is 13.0. The van der Waals surface area contributed by atoms with Crippen LogP contribution in [0, 0.1) is 5.82 Å². The van der Waals surface area contributed by atoms with Gasteiger partial charge in [-0.2, -0.15) is 5.10 Å². The van der Waals surface area contributed by atoms with Gasteiger partial charge >= 0.3 is 0 Å². The number of para-hydroxylation sites is 1. The number of fused-ring (bicyclic) bond motifs is 1. The Morgan fingerprint density at radius 3 is 2.67 bits per heavy atom. The van der Waals surface area contributed by atoms with Crippen molar-refractivity contribution >= 4 is 16.8 Å². The standard InChI is InChI=1S/C21H22FN3O2/c1-25-19-5-3-2-4-17(19)20(24-25)16-11-6-13(12-18(16)22)21(27)23-14-7-9-15(26)10-8-14/h2-6,11-12,14-15,26H,7-10H2,1H3,(H,23,27). The quantitative estimate of drug-likeness (QED) is 0.745. The second-order valence-electron chi connectivity index (χ2n) is 7.16. The predicted molar refractivity (Wildman–Crippen MR) is 102 cm³/mol. The van der Waals surface area contributed by atoms with Crippen molar-refractivity contribution in [3.05, 3.63) is 53.8 Å².